The summed E-state index contributed by atoms with van der Waals surface area (Å²) < 4.78 is 3.56. The zero-order valence-electron chi connectivity index (χ0n) is 17.0. The molecule has 2 aromatic rings. The Kier molecular flexibility index (Phi) is 9.41. The molecule has 4 rings (SSSR count). The van der Waals surface area contributed by atoms with Crippen LogP contribution in [-0.2, 0) is 36.1 Å². The van der Waals surface area contributed by atoms with Gasteiger partial charge in [-0.05, 0) is 0 Å². The number of allylic oxidation sites excluding steroid dienone is 8. The minimum atomic E-state index is -0.684. The molecular formula is C26H26Cl2Zr. The molecule has 0 spiro atoms. The van der Waals surface area contributed by atoms with E-state index in [-0.39, 0.29) is 24.8 Å². The zero-order chi connectivity index (χ0) is 18.6. The third kappa shape index (κ3) is 5.94. The maximum absolute atomic E-state index is 2.40. The van der Waals surface area contributed by atoms with E-state index in [1.54, 1.807) is 17.7 Å². The zero-order valence-corrected chi connectivity index (χ0v) is 21.0. The van der Waals surface area contributed by atoms with E-state index in [9.17, 15) is 0 Å². The first-order chi connectivity index (χ1) is 13.2. The topological polar surface area (TPSA) is 0 Å². The molecule has 0 heterocycles. The average molecular weight is 501 g/mol. The third-order valence-electron chi connectivity index (χ3n) is 5.64. The summed E-state index contributed by atoms with van der Waals surface area (Å²) in [5.41, 5.74) is 8.99. The first-order valence-electron chi connectivity index (χ1n) is 9.84. The smallest absolute Gasteiger partial charge is 1.00 e. The molecule has 0 radical (unpaired) electrons. The van der Waals surface area contributed by atoms with E-state index in [1.807, 2.05) is 0 Å². The number of rotatable bonds is 6. The molecule has 0 saturated carbocycles. The number of hydrogen-bond donors (Lipinski definition) is 0. The molecule has 0 unspecified atom stereocenters. The van der Waals surface area contributed by atoms with Gasteiger partial charge in [0.15, 0.2) is 0 Å². The monoisotopic (exact) mass is 498 g/mol. The first kappa shape index (κ1) is 24.1. The summed E-state index contributed by atoms with van der Waals surface area (Å²) in [6, 6.07) is 17.7. The maximum Gasteiger partial charge on any atom is -1.00 e. The number of hydrogen-bond acceptors (Lipinski definition) is 0. The van der Waals surface area contributed by atoms with Crippen LogP contribution in [0.5, 0.6) is 0 Å². The minimum Gasteiger partial charge on any atom is -1.00 e. The van der Waals surface area contributed by atoms with Gasteiger partial charge in [-0.2, -0.15) is 0 Å². The van der Waals surface area contributed by atoms with Crippen LogP contribution in [0.2, 0.25) is 0 Å². The van der Waals surface area contributed by atoms with Gasteiger partial charge in [0.1, 0.15) is 0 Å². The van der Waals surface area contributed by atoms with Crippen LogP contribution in [0.15, 0.2) is 90.5 Å². The normalized spacial score (nSPS) is 14.7. The molecule has 2 aromatic carbocycles. The molecule has 0 bridgehead atoms. The van der Waals surface area contributed by atoms with Gasteiger partial charge in [-0.1, -0.05) is 0 Å². The summed E-state index contributed by atoms with van der Waals surface area (Å²) in [4.78, 5) is 0. The summed E-state index contributed by atoms with van der Waals surface area (Å²) in [5.74, 6) is 0. The summed E-state index contributed by atoms with van der Waals surface area (Å²) in [7, 11) is 0. The van der Waals surface area contributed by atoms with Crippen molar-refractivity contribution in [2.75, 3.05) is 0 Å². The Hall–Kier alpha value is -1.14. The fourth-order valence-electron chi connectivity index (χ4n) is 3.90. The number of halogens is 2. The van der Waals surface area contributed by atoms with Crippen LogP contribution in [0.1, 0.15) is 35.1 Å². The van der Waals surface area contributed by atoms with Crippen molar-refractivity contribution in [3.05, 3.63) is 113 Å². The van der Waals surface area contributed by atoms with Crippen LogP contribution in [0.4, 0.5) is 0 Å². The van der Waals surface area contributed by atoms with Crippen molar-refractivity contribution in [2.24, 2.45) is 0 Å². The Morgan fingerprint density at radius 2 is 1.07 bits per heavy atom. The second kappa shape index (κ2) is 11.3. The van der Waals surface area contributed by atoms with E-state index >= 15 is 0 Å². The summed E-state index contributed by atoms with van der Waals surface area (Å²) in [6.07, 6.45) is 14.1. The van der Waals surface area contributed by atoms with E-state index < -0.39 is 23.2 Å². The van der Waals surface area contributed by atoms with E-state index in [1.165, 1.54) is 35.1 Å². The Morgan fingerprint density at radius 1 is 0.655 bits per heavy atom. The van der Waals surface area contributed by atoms with Crippen LogP contribution >= 0.6 is 0 Å². The fourth-order valence-corrected chi connectivity index (χ4v) is 7.51. The van der Waals surface area contributed by atoms with Gasteiger partial charge in [-0.25, -0.2) is 0 Å². The molecule has 0 N–H and O–H groups in total. The van der Waals surface area contributed by atoms with E-state index in [0.717, 1.165) is 12.8 Å². The fraction of sp³-hybridized carbons (Fsp3) is 0.231. The van der Waals surface area contributed by atoms with Crippen LogP contribution in [-0.4, -0.2) is 0 Å². The van der Waals surface area contributed by atoms with E-state index in [0.29, 0.717) is 0 Å². The molecule has 0 saturated heterocycles. The van der Waals surface area contributed by atoms with Crippen molar-refractivity contribution in [1.29, 1.82) is 0 Å². The second-order valence-corrected chi connectivity index (χ2v) is 11.1. The van der Waals surface area contributed by atoms with E-state index in [2.05, 4.69) is 86.7 Å². The van der Waals surface area contributed by atoms with Gasteiger partial charge >= 0.3 is 176 Å². The Morgan fingerprint density at radius 3 is 1.48 bits per heavy atom. The number of benzene rings is 2. The van der Waals surface area contributed by atoms with Crippen molar-refractivity contribution in [3.8, 4) is 0 Å². The Balaban J connectivity index is 0.00000150. The molecular weight excluding hydrogens is 474 g/mol. The second-order valence-electron chi connectivity index (χ2n) is 7.55. The van der Waals surface area contributed by atoms with Crippen LogP contribution in [0, 0.1) is 13.8 Å². The summed E-state index contributed by atoms with van der Waals surface area (Å²) in [6.45, 7) is 4.47. The predicted molar refractivity (Wildman–Crippen MR) is 111 cm³/mol. The van der Waals surface area contributed by atoms with Crippen LogP contribution < -0.4 is 24.8 Å². The van der Waals surface area contributed by atoms with Gasteiger partial charge in [0, 0.05) is 0 Å². The average Bonchev–Trinajstić information content (AvgIpc) is 3.29. The van der Waals surface area contributed by atoms with Gasteiger partial charge in [-0.15, -0.1) is 0 Å². The van der Waals surface area contributed by atoms with Gasteiger partial charge in [0.25, 0.3) is 0 Å². The van der Waals surface area contributed by atoms with Crippen molar-refractivity contribution in [1.82, 2.24) is 0 Å². The van der Waals surface area contributed by atoms with Gasteiger partial charge in [-0.3, -0.25) is 0 Å². The van der Waals surface area contributed by atoms with Crippen molar-refractivity contribution in [2.45, 2.75) is 39.5 Å². The molecule has 3 heteroatoms. The molecule has 2 aliphatic carbocycles. The van der Waals surface area contributed by atoms with Crippen LogP contribution in [0.3, 0.4) is 0 Å². The summed E-state index contributed by atoms with van der Waals surface area (Å²) in [5, 5.41) is 0. The molecule has 0 atom stereocenters. The van der Waals surface area contributed by atoms with Gasteiger partial charge < -0.3 is 24.8 Å². The summed E-state index contributed by atoms with van der Waals surface area (Å²) >= 11 is -0.684. The third-order valence-corrected chi connectivity index (χ3v) is 9.71. The standard InChI is InChI=1S/2C13H13.2ClH.Zr/c2*1-11-6-2-5-9-13(11)10-12-7-3-4-8-12;;;/h2*2-3,5-7,9H,4,10H2,1H3;2*1H;/q;;;;+2/p-2. The molecule has 29 heavy (non-hydrogen) atoms. The quantitative estimate of drug-likeness (QED) is 0.546. The minimum absolute atomic E-state index is 0. The molecule has 0 fully saturated rings. The van der Waals surface area contributed by atoms with E-state index in [4.69, 9.17) is 0 Å². The van der Waals surface area contributed by atoms with Gasteiger partial charge in [0.05, 0.1) is 0 Å². The first-order valence-corrected chi connectivity index (χ1v) is 12.3. The Labute approximate surface area is 199 Å². The SMILES string of the molecule is Cc1ccccc1CC1=[C]([Zr+2][C]2=C(Cc3ccccc3C)C=CC2)CC=C1.[Cl-].[Cl-]. The molecule has 2 aliphatic rings. The van der Waals surface area contributed by atoms with Crippen molar-refractivity contribution >= 4 is 0 Å². The molecule has 0 aromatic heterocycles. The number of aryl methyl sites for hydroxylation is 2. The largest absolute Gasteiger partial charge is 1.00 e. The molecule has 0 nitrogen and oxygen atoms in total. The van der Waals surface area contributed by atoms with Crippen LogP contribution in [0.25, 0.3) is 0 Å². The van der Waals surface area contributed by atoms with Gasteiger partial charge in [0.2, 0.25) is 0 Å². The molecule has 0 amide bonds. The predicted octanol–water partition coefficient (Wildman–Crippen LogP) is 0.607. The van der Waals surface area contributed by atoms with Crippen molar-refractivity contribution < 1.29 is 48.0 Å². The molecule has 0 aliphatic heterocycles. The molecule has 148 valence electrons. The maximum atomic E-state index is 2.40. The van der Waals surface area contributed by atoms with Crippen molar-refractivity contribution in [3.63, 3.8) is 0 Å². The Bertz CT molecular complexity index is 900.